The molecule has 0 saturated carbocycles. The van der Waals surface area contributed by atoms with Crippen LogP contribution >= 0.6 is 0 Å². The summed E-state index contributed by atoms with van der Waals surface area (Å²) >= 11 is 0. The molecule has 0 amide bonds. The minimum atomic E-state index is -0.780. The second-order valence-electron chi connectivity index (χ2n) is 21.3. The smallest absolute Gasteiger partial charge is 0.306 e. The van der Waals surface area contributed by atoms with Gasteiger partial charge in [0.05, 0.1) is 0 Å². The Hall–Kier alpha value is -2.63. The topological polar surface area (TPSA) is 78.9 Å². The molecule has 0 fully saturated rings. The van der Waals surface area contributed by atoms with Crippen LogP contribution in [0, 0.1) is 0 Å². The summed E-state index contributed by atoms with van der Waals surface area (Å²) < 4.78 is 16.9. The molecule has 1 unspecified atom stereocenters. The molecule has 6 heteroatoms. The standard InChI is InChI=1S/C66H120O6/c1-4-7-10-13-16-19-22-25-28-30-32-34-35-38-41-44-47-50-53-56-59-65(68)71-62-63(61-70-64(67)58-55-52-49-46-43-40-37-27-24-21-18-15-12-9-6-3)72-66(69)60-57-54-51-48-45-42-39-36-33-31-29-26-23-20-17-14-11-8-5-2/h17-18,20-21,26-27,29,37,63H,4-16,19,22-25,28,30-36,38-62H2,1-3H3/b20-17-,21-18-,29-26-,37-27-. The van der Waals surface area contributed by atoms with Crippen molar-refractivity contribution in [2.24, 2.45) is 0 Å². The number of rotatable bonds is 58. The van der Waals surface area contributed by atoms with Gasteiger partial charge in [-0.15, -0.1) is 0 Å². The fourth-order valence-corrected chi connectivity index (χ4v) is 9.27. The predicted molar refractivity (Wildman–Crippen MR) is 312 cm³/mol. The Morgan fingerprint density at radius 2 is 0.500 bits per heavy atom. The molecule has 0 aliphatic heterocycles. The molecule has 0 N–H and O–H groups in total. The van der Waals surface area contributed by atoms with Crippen molar-refractivity contribution in [3.05, 3.63) is 48.6 Å². The van der Waals surface area contributed by atoms with Crippen molar-refractivity contribution in [2.75, 3.05) is 13.2 Å². The van der Waals surface area contributed by atoms with Gasteiger partial charge in [0.2, 0.25) is 0 Å². The molecule has 0 aromatic carbocycles. The van der Waals surface area contributed by atoms with Crippen LogP contribution in [0.5, 0.6) is 0 Å². The molecular formula is C66H120O6. The molecule has 0 rings (SSSR count). The van der Waals surface area contributed by atoms with Crippen molar-refractivity contribution in [2.45, 2.75) is 341 Å². The van der Waals surface area contributed by atoms with Crippen molar-refractivity contribution in [1.82, 2.24) is 0 Å². The molecule has 1 atom stereocenters. The van der Waals surface area contributed by atoms with Crippen LogP contribution < -0.4 is 0 Å². The van der Waals surface area contributed by atoms with Crippen molar-refractivity contribution in [3.63, 3.8) is 0 Å². The molecule has 0 aromatic heterocycles. The van der Waals surface area contributed by atoms with E-state index in [0.29, 0.717) is 19.3 Å². The van der Waals surface area contributed by atoms with Gasteiger partial charge in [0.1, 0.15) is 13.2 Å². The van der Waals surface area contributed by atoms with E-state index in [1.165, 1.54) is 212 Å². The Bertz CT molecular complexity index is 1250. The van der Waals surface area contributed by atoms with Crippen LogP contribution in [0.25, 0.3) is 0 Å². The van der Waals surface area contributed by atoms with E-state index in [-0.39, 0.29) is 31.1 Å². The molecule has 0 aromatic rings. The lowest BCUT2D eigenvalue weighted by Gasteiger charge is -2.18. The third-order valence-corrected chi connectivity index (χ3v) is 14.1. The number of allylic oxidation sites excluding steroid dienone is 8. The molecule has 6 nitrogen and oxygen atoms in total. The molecule has 0 heterocycles. The first-order valence-electron chi connectivity index (χ1n) is 31.6. The van der Waals surface area contributed by atoms with E-state index >= 15 is 0 Å². The third-order valence-electron chi connectivity index (χ3n) is 14.1. The minimum absolute atomic E-state index is 0.0758. The summed E-state index contributed by atoms with van der Waals surface area (Å²) in [4.78, 5) is 38.3. The Kier molecular flexibility index (Phi) is 58.7. The summed E-state index contributed by atoms with van der Waals surface area (Å²) in [6.07, 6.45) is 75.4. The summed E-state index contributed by atoms with van der Waals surface area (Å²) in [6, 6.07) is 0. The van der Waals surface area contributed by atoms with Crippen molar-refractivity contribution < 1.29 is 28.6 Å². The zero-order valence-electron chi connectivity index (χ0n) is 48.2. The van der Waals surface area contributed by atoms with Gasteiger partial charge in [0.15, 0.2) is 6.10 Å². The molecule has 72 heavy (non-hydrogen) atoms. The average molecular weight is 1010 g/mol. The molecule has 0 bridgehead atoms. The molecule has 0 radical (unpaired) electrons. The Morgan fingerprint density at radius 3 is 0.792 bits per heavy atom. The number of unbranched alkanes of at least 4 members (excludes halogenated alkanes) is 39. The van der Waals surface area contributed by atoms with Crippen LogP contribution in [0.15, 0.2) is 48.6 Å². The third kappa shape index (κ3) is 58.3. The van der Waals surface area contributed by atoms with E-state index in [9.17, 15) is 14.4 Å². The lowest BCUT2D eigenvalue weighted by atomic mass is 10.0. The quantitative estimate of drug-likeness (QED) is 0.0261. The van der Waals surface area contributed by atoms with Gasteiger partial charge in [-0.25, -0.2) is 0 Å². The van der Waals surface area contributed by atoms with Crippen molar-refractivity contribution in [1.29, 1.82) is 0 Å². The Morgan fingerprint density at radius 1 is 0.278 bits per heavy atom. The zero-order chi connectivity index (χ0) is 52.2. The number of hydrogen-bond acceptors (Lipinski definition) is 6. The SMILES string of the molecule is CCCCC/C=C\C/C=C\CCCCCCCCCCCC(=O)OC(COC(=O)CCCCCCC/C=C\C/C=C\CCCCC)COC(=O)CCCCCCCCCCCCCCCCCCCCCC. The number of ether oxygens (including phenoxy) is 3. The highest BCUT2D eigenvalue weighted by Crippen LogP contribution is 2.17. The maximum atomic E-state index is 12.9. The first kappa shape index (κ1) is 69.4. The van der Waals surface area contributed by atoms with E-state index in [1.807, 2.05) is 0 Å². The van der Waals surface area contributed by atoms with Gasteiger partial charge in [-0.1, -0.05) is 281 Å². The van der Waals surface area contributed by atoms with Gasteiger partial charge in [-0.3, -0.25) is 14.4 Å². The van der Waals surface area contributed by atoms with E-state index < -0.39 is 6.10 Å². The number of carbonyl (C=O) groups excluding carboxylic acids is 3. The summed E-state index contributed by atoms with van der Waals surface area (Å²) in [7, 11) is 0. The maximum absolute atomic E-state index is 12.9. The normalized spacial score (nSPS) is 12.3. The average Bonchev–Trinajstić information content (AvgIpc) is 3.38. The number of carbonyl (C=O) groups is 3. The van der Waals surface area contributed by atoms with Gasteiger partial charge in [0, 0.05) is 19.3 Å². The van der Waals surface area contributed by atoms with Gasteiger partial charge >= 0.3 is 17.9 Å². The Labute approximate surface area is 448 Å². The van der Waals surface area contributed by atoms with Crippen LogP contribution in [0.2, 0.25) is 0 Å². The van der Waals surface area contributed by atoms with Crippen LogP contribution in [0.1, 0.15) is 335 Å². The molecule has 0 aliphatic carbocycles. The molecule has 0 saturated heterocycles. The van der Waals surface area contributed by atoms with Crippen LogP contribution in [-0.4, -0.2) is 37.2 Å². The predicted octanol–water partition coefficient (Wildman–Crippen LogP) is 21.4. The van der Waals surface area contributed by atoms with E-state index in [2.05, 4.69) is 69.4 Å². The largest absolute Gasteiger partial charge is 0.462 e. The van der Waals surface area contributed by atoms with Gasteiger partial charge in [0.25, 0.3) is 0 Å². The fourth-order valence-electron chi connectivity index (χ4n) is 9.27. The highest BCUT2D eigenvalue weighted by Gasteiger charge is 2.19. The summed E-state index contributed by atoms with van der Waals surface area (Å²) in [5.74, 6) is -0.874. The highest BCUT2D eigenvalue weighted by atomic mass is 16.6. The molecular weight excluding hydrogens is 889 g/mol. The van der Waals surface area contributed by atoms with Crippen molar-refractivity contribution in [3.8, 4) is 0 Å². The first-order chi connectivity index (χ1) is 35.5. The van der Waals surface area contributed by atoms with Gasteiger partial charge < -0.3 is 14.2 Å². The molecule has 0 spiro atoms. The van der Waals surface area contributed by atoms with E-state index in [0.717, 1.165) is 83.5 Å². The molecule has 0 aliphatic rings. The van der Waals surface area contributed by atoms with Crippen LogP contribution in [0.4, 0.5) is 0 Å². The van der Waals surface area contributed by atoms with E-state index in [1.54, 1.807) is 0 Å². The monoisotopic (exact) mass is 1010 g/mol. The van der Waals surface area contributed by atoms with Crippen LogP contribution in [0.3, 0.4) is 0 Å². The second-order valence-corrected chi connectivity index (χ2v) is 21.3. The lowest BCUT2D eigenvalue weighted by molar-refractivity contribution is -0.167. The number of esters is 3. The first-order valence-corrected chi connectivity index (χ1v) is 31.6. The number of hydrogen-bond donors (Lipinski definition) is 0. The van der Waals surface area contributed by atoms with Gasteiger partial charge in [-0.05, 0) is 83.5 Å². The van der Waals surface area contributed by atoms with Gasteiger partial charge in [-0.2, -0.15) is 0 Å². The van der Waals surface area contributed by atoms with Crippen molar-refractivity contribution >= 4 is 17.9 Å². The minimum Gasteiger partial charge on any atom is -0.462 e. The maximum Gasteiger partial charge on any atom is 0.306 e. The zero-order valence-corrected chi connectivity index (χ0v) is 48.2. The fraction of sp³-hybridized carbons (Fsp3) is 0.833. The summed E-state index contributed by atoms with van der Waals surface area (Å²) in [6.45, 7) is 6.63. The van der Waals surface area contributed by atoms with Crippen LogP contribution in [-0.2, 0) is 28.6 Å². The second kappa shape index (κ2) is 60.9. The highest BCUT2D eigenvalue weighted by molar-refractivity contribution is 5.71. The lowest BCUT2D eigenvalue weighted by Crippen LogP contribution is -2.30. The van der Waals surface area contributed by atoms with E-state index in [4.69, 9.17) is 14.2 Å². The summed E-state index contributed by atoms with van der Waals surface area (Å²) in [5, 5.41) is 0. The summed E-state index contributed by atoms with van der Waals surface area (Å²) in [5.41, 5.74) is 0. The Balaban J connectivity index is 4.34. The molecule has 420 valence electrons.